The van der Waals surface area contributed by atoms with Crippen molar-refractivity contribution in [3.8, 4) is 16.9 Å². The highest BCUT2D eigenvalue weighted by atomic mass is 32.1. The maximum atomic E-state index is 15.1. The normalized spacial score (nSPS) is 14.6. The summed E-state index contributed by atoms with van der Waals surface area (Å²) in [6, 6.07) is 20.3. The van der Waals surface area contributed by atoms with Crippen LogP contribution in [0.25, 0.3) is 11.1 Å². The van der Waals surface area contributed by atoms with Crippen LogP contribution in [0.1, 0.15) is 23.7 Å². The number of rotatable bonds is 10. The Morgan fingerprint density at radius 1 is 1.15 bits per heavy atom. The lowest BCUT2D eigenvalue weighted by Crippen LogP contribution is -2.33. The molecule has 206 valence electrons. The summed E-state index contributed by atoms with van der Waals surface area (Å²) < 4.78 is 25.6. The smallest absolute Gasteiger partial charge is 0.414 e. The molecule has 2 heterocycles. The molecule has 3 aromatic carbocycles. The van der Waals surface area contributed by atoms with E-state index in [2.05, 4.69) is 10.6 Å². The van der Waals surface area contributed by atoms with Crippen molar-refractivity contribution in [2.75, 3.05) is 30.4 Å². The third-order valence-electron chi connectivity index (χ3n) is 6.50. The molecule has 1 atom stereocenters. The van der Waals surface area contributed by atoms with Gasteiger partial charge in [0.05, 0.1) is 31.6 Å². The summed E-state index contributed by atoms with van der Waals surface area (Å²) in [6.07, 6.45) is -0.382. The van der Waals surface area contributed by atoms with Gasteiger partial charge in [-0.1, -0.05) is 36.4 Å². The number of nitrogens with one attached hydrogen (secondary N) is 2. The molecule has 8 nitrogen and oxygen atoms in total. The highest BCUT2D eigenvalue weighted by Crippen LogP contribution is 2.30. The quantitative estimate of drug-likeness (QED) is 0.262. The van der Waals surface area contributed by atoms with E-state index in [1.165, 1.54) is 17.9 Å². The van der Waals surface area contributed by atoms with Crippen LogP contribution in [0.4, 0.5) is 20.0 Å². The first-order valence-corrected chi connectivity index (χ1v) is 13.7. The van der Waals surface area contributed by atoms with Crippen molar-refractivity contribution < 1.29 is 23.5 Å². The second kappa shape index (κ2) is 12.2. The molecule has 4 aromatic rings. The molecular weight excluding hydrogens is 531 g/mol. The molecule has 0 aliphatic carbocycles. The van der Waals surface area contributed by atoms with Gasteiger partial charge in [-0.05, 0) is 47.0 Å². The van der Waals surface area contributed by atoms with Crippen molar-refractivity contribution in [2.24, 2.45) is 0 Å². The van der Waals surface area contributed by atoms with Crippen molar-refractivity contribution in [3.05, 3.63) is 94.7 Å². The number of thiazole rings is 1. The number of anilines is 2. The van der Waals surface area contributed by atoms with Gasteiger partial charge in [0.1, 0.15) is 17.7 Å². The molecule has 1 saturated heterocycles. The highest BCUT2D eigenvalue weighted by molar-refractivity contribution is 7.13. The topological polar surface area (TPSA) is 92.8 Å². The van der Waals surface area contributed by atoms with Gasteiger partial charge >= 0.3 is 6.09 Å². The third-order valence-corrected chi connectivity index (χ3v) is 7.35. The summed E-state index contributed by atoms with van der Waals surface area (Å²) >= 11 is 1.56. The molecule has 1 aliphatic heterocycles. The SMILES string of the molecule is COc1cccc(CNc2nc(Cc3ccc(-c4ccc(N5CC(CNC(C)=O)OC5=O)cc4F)cc3)cs2)c1. The average molecular weight is 561 g/mol. The second-order valence-electron chi connectivity index (χ2n) is 9.44. The van der Waals surface area contributed by atoms with Crippen LogP contribution in [0, 0.1) is 5.82 Å². The number of ether oxygens (including phenoxy) is 2. The van der Waals surface area contributed by atoms with Crippen LogP contribution in [0.2, 0.25) is 0 Å². The minimum Gasteiger partial charge on any atom is -0.497 e. The molecule has 5 rings (SSSR count). The van der Waals surface area contributed by atoms with E-state index < -0.39 is 18.0 Å². The fourth-order valence-corrected chi connectivity index (χ4v) is 5.15. The van der Waals surface area contributed by atoms with E-state index in [0.29, 0.717) is 24.2 Å². The number of amides is 2. The van der Waals surface area contributed by atoms with E-state index >= 15 is 4.39 Å². The molecule has 40 heavy (non-hydrogen) atoms. The Labute approximate surface area is 235 Å². The van der Waals surface area contributed by atoms with Crippen LogP contribution in [0.3, 0.4) is 0 Å². The Balaban J connectivity index is 1.19. The molecule has 1 fully saturated rings. The van der Waals surface area contributed by atoms with Crippen LogP contribution in [-0.4, -0.2) is 43.3 Å². The third kappa shape index (κ3) is 6.58. The summed E-state index contributed by atoms with van der Waals surface area (Å²) in [6.45, 7) is 2.50. The van der Waals surface area contributed by atoms with Crippen molar-refractivity contribution >= 4 is 34.2 Å². The highest BCUT2D eigenvalue weighted by Gasteiger charge is 2.32. The molecule has 0 spiro atoms. The standard InChI is InChI=1S/C30H29FN4O4S/c1-19(36)32-16-26-17-35(30(37)39-26)24-10-11-27(28(31)14-24)22-8-6-20(7-9-22)12-23-18-40-29(34-23)33-15-21-4-3-5-25(13-21)38-2/h3-11,13-14,18,26H,12,15-17H2,1-2H3,(H,32,36)(H,33,34). The number of hydrogen-bond donors (Lipinski definition) is 2. The van der Waals surface area contributed by atoms with E-state index in [4.69, 9.17) is 14.5 Å². The predicted molar refractivity (Wildman–Crippen MR) is 153 cm³/mol. The van der Waals surface area contributed by atoms with Crippen LogP contribution in [0.15, 0.2) is 72.1 Å². The zero-order chi connectivity index (χ0) is 28.1. The van der Waals surface area contributed by atoms with Gasteiger partial charge in [-0.25, -0.2) is 14.2 Å². The number of nitrogens with zero attached hydrogens (tertiary/aromatic N) is 2. The lowest BCUT2D eigenvalue weighted by atomic mass is 10.0. The van der Waals surface area contributed by atoms with Gasteiger partial charge in [0.15, 0.2) is 5.13 Å². The molecular formula is C30H29FN4O4S. The number of methoxy groups -OCH3 is 1. The largest absolute Gasteiger partial charge is 0.497 e. The van der Waals surface area contributed by atoms with Gasteiger partial charge in [-0.2, -0.15) is 0 Å². The Bertz CT molecular complexity index is 1510. The summed E-state index contributed by atoms with van der Waals surface area (Å²) in [5, 5.41) is 8.87. The first-order chi connectivity index (χ1) is 19.4. The fraction of sp³-hybridized carbons (Fsp3) is 0.233. The number of carbonyl (C=O) groups excluding carboxylic acids is 2. The van der Waals surface area contributed by atoms with Crippen molar-refractivity contribution in [3.63, 3.8) is 0 Å². The summed E-state index contributed by atoms with van der Waals surface area (Å²) in [7, 11) is 1.65. The molecule has 10 heteroatoms. The minimum atomic E-state index is -0.562. The Kier molecular flexibility index (Phi) is 8.26. The lowest BCUT2D eigenvalue weighted by Gasteiger charge is -2.14. The molecule has 1 aromatic heterocycles. The van der Waals surface area contributed by atoms with E-state index in [-0.39, 0.29) is 19.0 Å². The Morgan fingerprint density at radius 2 is 1.98 bits per heavy atom. The van der Waals surface area contributed by atoms with Gasteiger partial charge in [0.25, 0.3) is 0 Å². The molecule has 0 bridgehead atoms. The Hall–Kier alpha value is -4.44. The summed E-state index contributed by atoms with van der Waals surface area (Å²) in [5.41, 5.74) is 4.71. The zero-order valence-electron chi connectivity index (χ0n) is 22.1. The fourth-order valence-electron chi connectivity index (χ4n) is 4.44. The van der Waals surface area contributed by atoms with Crippen LogP contribution in [-0.2, 0) is 22.5 Å². The summed E-state index contributed by atoms with van der Waals surface area (Å²) in [4.78, 5) is 29.5. The van der Waals surface area contributed by atoms with Gasteiger partial charge in [-0.15, -0.1) is 11.3 Å². The number of carbonyl (C=O) groups is 2. The molecule has 1 unspecified atom stereocenters. The maximum Gasteiger partial charge on any atom is 0.414 e. The minimum absolute atomic E-state index is 0.204. The zero-order valence-corrected chi connectivity index (χ0v) is 23.0. The van der Waals surface area contributed by atoms with Gasteiger partial charge < -0.3 is 20.1 Å². The number of cyclic esters (lactones) is 1. The number of hydrogen-bond acceptors (Lipinski definition) is 7. The van der Waals surface area contributed by atoms with Gasteiger partial charge in [0, 0.05) is 30.8 Å². The van der Waals surface area contributed by atoms with Gasteiger partial charge in [0.2, 0.25) is 5.91 Å². The molecule has 2 N–H and O–H groups in total. The molecule has 0 saturated carbocycles. The van der Waals surface area contributed by atoms with Crippen LogP contribution in [0.5, 0.6) is 5.75 Å². The van der Waals surface area contributed by atoms with Crippen molar-refractivity contribution in [1.82, 2.24) is 10.3 Å². The number of benzene rings is 3. The van der Waals surface area contributed by atoms with E-state index in [1.807, 2.05) is 53.9 Å². The first kappa shape index (κ1) is 27.1. The van der Waals surface area contributed by atoms with E-state index in [0.717, 1.165) is 33.3 Å². The second-order valence-corrected chi connectivity index (χ2v) is 10.3. The molecule has 1 aliphatic rings. The molecule has 2 amide bonds. The number of halogens is 1. The molecule has 0 radical (unpaired) electrons. The van der Waals surface area contributed by atoms with E-state index in [9.17, 15) is 9.59 Å². The van der Waals surface area contributed by atoms with Crippen molar-refractivity contribution in [2.45, 2.75) is 26.0 Å². The van der Waals surface area contributed by atoms with Crippen LogP contribution >= 0.6 is 11.3 Å². The Morgan fingerprint density at radius 3 is 2.73 bits per heavy atom. The lowest BCUT2D eigenvalue weighted by molar-refractivity contribution is -0.119. The van der Waals surface area contributed by atoms with Crippen molar-refractivity contribution in [1.29, 1.82) is 0 Å². The number of aromatic nitrogens is 1. The average Bonchev–Trinajstić information content (AvgIpc) is 3.57. The van der Waals surface area contributed by atoms with Crippen LogP contribution < -0.4 is 20.3 Å². The predicted octanol–water partition coefficient (Wildman–Crippen LogP) is 5.62. The maximum absolute atomic E-state index is 15.1. The van der Waals surface area contributed by atoms with E-state index in [1.54, 1.807) is 30.6 Å². The monoisotopic (exact) mass is 560 g/mol. The summed E-state index contributed by atoms with van der Waals surface area (Å²) in [5.74, 6) is 0.183. The van der Waals surface area contributed by atoms with Gasteiger partial charge in [-0.3, -0.25) is 9.69 Å². The first-order valence-electron chi connectivity index (χ1n) is 12.8.